The zero-order valence-electron chi connectivity index (χ0n) is 10.7. The third-order valence-corrected chi connectivity index (χ3v) is 3.32. The summed E-state index contributed by atoms with van der Waals surface area (Å²) in [5, 5.41) is 3.95. The molecule has 0 aliphatic rings. The second-order valence-corrected chi connectivity index (χ2v) is 4.81. The van der Waals surface area contributed by atoms with Crippen LogP contribution in [-0.4, -0.2) is 16.2 Å². The topological polar surface area (TPSA) is 63.8 Å². The third kappa shape index (κ3) is 2.73. The zero-order chi connectivity index (χ0) is 13.1. The number of rotatable bonds is 3. The summed E-state index contributed by atoms with van der Waals surface area (Å²) in [6, 6.07) is 7.87. The van der Waals surface area contributed by atoms with E-state index in [-0.39, 0.29) is 0 Å². The summed E-state index contributed by atoms with van der Waals surface area (Å²) in [5.41, 5.74) is 9.25. The summed E-state index contributed by atoms with van der Waals surface area (Å²) in [6.45, 7) is 4.17. The Labute approximate surface area is 111 Å². The molecule has 0 saturated heterocycles. The Bertz CT molecular complexity index is 569. The molecule has 1 aromatic heterocycles. The van der Waals surface area contributed by atoms with Crippen LogP contribution in [0.2, 0.25) is 0 Å². The van der Waals surface area contributed by atoms with E-state index in [9.17, 15) is 0 Å². The number of nitrogens with zero attached hydrogens (tertiary/aromatic N) is 2. The van der Waals surface area contributed by atoms with Crippen molar-refractivity contribution in [1.82, 2.24) is 9.97 Å². The molecule has 0 unspecified atom stereocenters. The Morgan fingerprint density at radius 1 is 1.22 bits per heavy atom. The van der Waals surface area contributed by atoms with E-state index in [0.29, 0.717) is 11.0 Å². The molecule has 1 heterocycles. The van der Waals surface area contributed by atoms with Crippen molar-refractivity contribution in [3.05, 3.63) is 35.4 Å². The van der Waals surface area contributed by atoms with Gasteiger partial charge in [0, 0.05) is 11.8 Å². The van der Waals surface area contributed by atoms with Crippen molar-refractivity contribution < 1.29 is 0 Å². The lowest BCUT2D eigenvalue weighted by atomic mass is 10.1. The van der Waals surface area contributed by atoms with E-state index in [2.05, 4.69) is 35.2 Å². The number of benzene rings is 1. The molecule has 3 N–H and O–H groups in total. The molecule has 0 fully saturated rings. The number of aryl methyl sites for hydroxylation is 1. The van der Waals surface area contributed by atoms with Crippen LogP contribution in [0.3, 0.4) is 0 Å². The van der Waals surface area contributed by atoms with Gasteiger partial charge in [0.15, 0.2) is 5.16 Å². The molecule has 0 aliphatic heterocycles. The van der Waals surface area contributed by atoms with Gasteiger partial charge in [0.05, 0.1) is 0 Å². The number of hydrogen-bond donors (Lipinski definition) is 2. The van der Waals surface area contributed by atoms with E-state index in [0.717, 1.165) is 11.5 Å². The number of hydrogen-bond acceptors (Lipinski definition) is 5. The highest BCUT2D eigenvalue weighted by molar-refractivity contribution is 7.98. The lowest BCUT2D eigenvalue weighted by Gasteiger charge is -2.11. The minimum atomic E-state index is 0.474. The fourth-order valence-corrected chi connectivity index (χ4v) is 2.01. The maximum Gasteiger partial charge on any atom is 0.191 e. The summed E-state index contributed by atoms with van der Waals surface area (Å²) in [6.07, 6.45) is 1.93. The molecule has 0 radical (unpaired) electrons. The van der Waals surface area contributed by atoms with Gasteiger partial charge in [0.25, 0.3) is 0 Å². The number of nitrogens with one attached hydrogen (secondary N) is 1. The van der Waals surface area contributed by atoms with Crippen LogP contribution in [0.15, 0.2) is 29.4 Å². The second kappa shape index (κ2) is 5.27. The number of nitrogens with two attached hydrogens (primary N) is 1. The maximum absolute atomic E-state index is 5.75. The predicted molar refractivity (Wildman–Crippen MR) is 77.4 cm³/mol. The summed E-state index contributed by atoms with van der Waals surface area (Å²) >= 11 is 1.47. The molecule has 18 heavy (non-hydrogen) atoms. The Balaban J connectivity index is 2.34. The minimum absolute atomic E-state index is 0.474. The Kier molecular flexibility index (Phi) is 3.72. The summed E-state index contributed by atoms with van der Waals surface area (Å²) in [7, 11) is 0. The molecule has 0 amide bonds. The molecule has 1 aromatic carbocycles. The van der Waals surface area contributed by atoms with Crippen LogP contribution in [0.4, 0.5) is 17.3 Å². The molecule has 94 valence electrons. The molecule has 0 atom stereocenters. The average molecular weight is 260 g/mol. The number of aromatic nitrogens is 2. The van der Waals surface area contributed by atoms with Crippen molar-refractivity contribution in [2.24, 2.45) is 0 Å². The van der Waals surface area contributed by atoms with Crippen LogP contribution in [-0.2, 0) is 0 Å². The van der Waals surface area contributed by atoms with E-state index >= 15 is 0 Å². The van der Waals surface area contributed by atoms with Crippen LogP contribution in [0.1, 0.15) is 11.1 Å². The molecule has 5 heteroatoms. The van der Waals surface area contributed by atoms with Gasteiger partial charge in [-0.15, -0.1) is 0 Å². The number of thioether (sulfide) groups is 1. The van der Waals surface area contributed by atoms with Crippen molar-refractivity contribution in [2.75, 3.05) is 17.3 Å². The van der Waals surface area contributed by atoms with E-state index in [1.807, 2.05) is 18.4 Å². The van der Waals surface area contributed by atoms with Crippen molar-refractivity contribution in [3.8, 4) is 0 Å². The van der Waals surface area contributed by atoms with Crippen LogP contribution in [0, 0.1) is 13.8 Å². The first kappa shape index (κ1) is 12.7. The SMILES string of the molecule is CSc1nc(N)cc(Nc2cccc(C)c2C)n1. The van der Waals surface area contributed by atoms with Gasteiger partial charge in [-0.3, -0.25) is 0 Å². The normalized spacial score (nSPS) is 10.4. The van der Waals surface area contributed by atoms with Gasteiger partial charge in [0.2, 0.25) is 0 Å². The van der Waals surface area contributed by atoms with E-state index in [1.165, 1.54) is 22.9 Å². The predicted octanol–water partition coefficient (Wildman–Crippen LogP) is 3.14. The molecule has 4 nitrogen and oxygen atoms in total. The molecule has 0 saturated carbocycles. The van der Waals surface area contributed by atoms with Gasteiger partial charge < -0.3 is 11.1 Å². The Hall–Kier alpha value is -1.75. The molecule has 0 bridgehead atoms. The highest BCUT2D eigenvalue weighted by atomic mass is 32.2. The van der Waals surface area contributed by atoms with Crippen LogP contribution in [0.5, 0.6) is 0 Å². The van der Waals surface area contributed by atoms with Gasteiger partial charge in [-0.25, -0.2) is 9.97 Å². The largest absolute Gasteiger partial charge is 0.383 e. The number of anilines is 3. The standard InChI is InChI=1S/C13H16N4S/c1-8-5-4-6-10(9(8)2)15-12-7-11(14)16-13(17-12)18-3/h4-7H,1-3H3,(H3,14,15,16,17). The van der Waals surface area contributed by atoms with Gasteiger partial charge in [-0.2, -0.15) is 0 Å². The van der Waals surface area contributed by atoms with Crippen LogP contribution in [0.25, 0.3) is 0 Å². The first-order valence-electron chi connectivity index (χ1n) is 5.62. The van der Waals surface area contributed by atoms with Crippen molar-refractivity contribution in [2.45, 2.75) is 19.0 Å². The fourth-order valence-electron chi connectivity index (χ4n) is 1.62. The van der Waals surface area contributed by atoms with Crippen LogP contribution < -0.4 is 11.1 Å². The van der Waals surface area contributed by atoms with Crippen LogP contribution >= 0.6 is 11.8 Å². The third-order valence-electron chi connectivity index (χ3n) is 2.78. The summed E-state index contributed by atoms with van der Waals surface area (Å²) in [4.78, 5) is 8.50. The quantitative estimate of drug-likeness (QED) is 0.655. The van der Waals surface area contributed by atoms with Crippen molar-refractivity contribution in [3.63, 3.8) is 0 Å². The van der Waals surface area contributed by atoms with Crippen molar-refractivity contribution in [1.29, 1.82) is 0 Å². The minimum Gasteiger partial charge on any atom is -0.383 e. The Morgan fingerprint density at radius 3 is 2.72 bits per heavy atom. The molecule has 0 aliphatic carbocycles. The van der Waals surface area contributed by atoms with E-state index < -0.39 is 0 Å². The van der Waals surface area contributed by atoms with Gasteiger partial charge in [0.1, 0.15) is 11.6 Å². The molecule has 2 aromatic rings. The first-order chi connectivity index (χ1) is 8.60. The lowest BCUT2D eigenvalue weighted by Crippen LogP contribution is -2.01. The smallest absolute Gasteiger partial charge is 0.191 e. The van der Waals surface area contributed by atoms with Gasteiger partial charge >= 0.3 is 0 Å². The summed E-state index contributed by atoms with van der Waals surface area (Å²) in [5.74, 6) is 1.20. The molecule has 0 spiro atoms. The fraction of sp³-hybridized carbons (Fsp3) is 0.231. The maximum atomic E-state index is 5.75. The number of nitrogen functional groups attached to an aromatic ring is 1. The zero-order valence-corrected chi connectivity index (χ0v) is 11.5. The monoisotopic (exact) mass is 260 g/mol. The highest BCUT2D eigenvalue weighted by Crippen LogP contribution is 2.23. The Morgan fingerprint density at radius 2 is 2.00 bits per heavy atom. The summed E-state index contributed by atoms with van der Waals surface area (Å²) < 4.78 is 0. The highest BCUT2D eigenvalue weighted by Gasteiger charge is 2.05. The second-order valence-electron chi connectivity index (χ2n) is 4.04. The first-order valence-corrected chi connectivity index (χ1v) is 6.84. The van der Waals surface area contributed by atoms with Gasteiger partial charge in [-0.05, 0) is 37.3 Å². The van der Waals surface area contributed by atoms with Crippen molar-refractivity contribution >= 4 is 29.1 Å². The van der Waals surface area contributed by atoms with E-state index in [1.54, 1.807) is 6.07 Å². The van der Waals surface area contributed by atoms with E-state index in [4.69, 9.17) is 5.73 Å². The van der Waals surface area contributed by atoms with Gasteiger partial charge in [-0.1, -0.05) is 23.9 Å². The molecule has 2 rings (SSSR count). The lowest BCUT2D eigenvalue weighted by molar-refractivity contribution is 0.984. The molecular formula is C13H16N4S. The molecular weight excluding hydrogens is 244 g/mol. The average Bonchev–Trinajstić information content (AvgIpc) is 2.34.